The highest BCUT2D eigenvalue weighted by molar-refractivity contribution is 7.99. The molecule has 1 heterocycles. The molecule has 1 amide bonds. The van der Waals surface area contributed by atoms with Crippen molar-refractivity contribution in [2.24, 2.45) is 0 Å². The number of carbonyl (C=O) groups excluding carboxylic acids is 3. The van der Waals surface area contributed by atoms with Gasteiger partial charge in [0.1, 0.15) is 13.0 Å². The first kappa shape index (κ1) is 26.3. The molecule has 6 nitrogen and oxygen atoms in total. The van der Waals surface area contributed by atoms with Crippen LogP contribution in [0.1, 0.15) is 95.0 Å². The lowest BCUT2D eigenvalue weighted by molar-refractivity contribution is -0.142. The van der Waals surface area contributed by atoms with Gasteiger partial charge in [0, 0.05) is 12.7 Å². The Morgan fingerprint density at radius 1 is 0.967 bits per heavy atom. The van der Waals surface area contributed by atoms with E-state index in [0.29, 0.717) is 5.09 Å². The van der Waals surface area contributed by atoms with E-state index in [1.54, 1.807) is 23.9 Å². The van der Waals surface area contributed by atoms with Crippen LogP contribution >= 0.6 is 11.8 Å². The number of hydrogen-bond donors (Lipinski definition) is 1. The van der Waals surface area contributed by atoms with E-state index < -0.39 is 11.8 Å². The number of unbranched alkanes of at least 4 members (excludes halogenated alkanes) is 9. The average molecular weight is 440 g/mol. The Hall–Kier alpha value is -1.76. The Balaban J connectivity index is 2.08. The smallest absolute Gasteiger partial charge is 0.313 e. The van der Waals surface area contributed by atoms with Crippen LogP contribution in [-0.4, -0.2) is 36.6 Å². The maximum absolute atomic E-state index is 12.1. The predicted molar refractivity (Wildman–Crippen MR) is 120 cm³/mol. The first-order valence-corrected chi connectivity index (χ1v) is 12.2. The molecule has 7 heteroatoms. The third kappa shape index (κ3) is 13.5. The zero-order valence-corrected chi connectivity index (χ0v) is 19.3. The van der Waals surface area contributed by atoms with E-state index in [2.05, 4.69) is 12.2 Å². The molecule has 0 spiro atoms. The number of carbonyl (C=O) groups is 3. The fourth-order valence-corrected chi connectivity index (χ4v) is 3.83. The van der Waals surface area contributed by atoms with Gasteiger partial charge in [-0.3, -0.25) is 14.4 Å². The lowest BCUT2D eigenvalue weighted by atomic mass is 10.1. The van der Waals surface area contributed by atoms with Crippen LogP contribution in [0.5, 0.6) is 0 Å². The minimum absolute atomic E-state index is 0.0454. The molecule has 0 saturated carbocycles. The molecule has 0 fully saturated rings. The maximum Gasteiger partial charge on any atom is 0.313 e. The fourth-order valence-electron chi connectivity index (χ4n) is 2.97. The van der Waals surface area contributed by atoms with Gasteiger partial charge in [-0.15, -0.1) is 0 Å². The molecule has 0 unspecified atom stereocenters. The van der Waals surface area contributed by atoms with Gasteiger partial charge in [0.2, 0.25) is 11.7 Å². The summed E-state index contributed by atoms with van der Waals surface area (Å²) in [6.07, 6.45) is 12.7. The minimum atomic E-state index is -0.624. The van der Waals surface area contributed by atoms with Crippen LogP contribution in [-0.2, 0) is 14.3 Å². The first-order valence-electron chi connectivity index (χ1n) is 11.2. The summed E-state index contributed by atoms with van der Waals surface area (Å²) in [5.74, 6) is -0.0744. The van der Waals surface area contributed by atoms with Crippen molar-refractivity contribution >= 4 is 29.4 Å². The third-order valence-corrected chi connectivity index (χ3v) is 5.64. The average Bonchev–Trinajstić information content (AvgIpc) is 3.18. The summed E-state index contributed by atoms with van der Waals surface area (Å²) < 4.78 is 10.5. The zero-order chi connectivity index (χ0) is 22.0. The maximum atomic E-state index is 12.1. The number of thioether (sulfide) groups is 1. The number of ether oxygens (including phenoxy) is 1. The van der Waals surface area contributed by atoms with Crippen molar-refractivity contribution in [3.8, 4) is 0 Å². The van der Waals surface area contributed by atoms with Gasteiger partial charge in [0.05, 0.1) is 6.54 Å². The first-order chi connectivity index (χ1) is 14.5. The van der Waals surface area contributed by atoms with Crippen molar-refractivity contribution in [2.75, 3.05) is 18.9 Å². The number of esters is 1. The van der Waals surface area contributed by atoms with E-state index in [0.717, 1.165) is 12.2 Å². The van der Waals surface area contributed by atoms with Crippen LogP contribution < -0.4 is 5.32 Å². The van der Waals surface area contributed by atoms with Crippen molar-refractivity contribution in [2.45, 2.75) is 89.6 Å². The lowest BCUT2D eigenvalue weighted by Crippen LogP contribution is -2.25. The lowest BCUT2D eigenvalue weighted by Gasteiger charge is -2.04. The molecule has 0 aliphatic carbocycles. The number of amides is 1. The number of nitrogens with one attached hydrogen (secondary N) is 1. The van der Waals surface area contributed by atoms with E-state index in [1.165, 1.54) is 64.7 Å². The van der Waals surface area contributed by atoms with E-state index in [-0.39, 0.29) is 31.2 Å². The molecule has 1 N–H and O–H groups in total. The second-order valence-corrected chi connectivity index (χ2v) is 8.55. The molecule has 0 bridgehead atoms. The van der Waals surface area contributed by atoms with Crippen LogP contribution in [0.4, 0.5) is 0 Å². The van der Waals surface area contributed by atoms with Gasteiger partial charge in [-0.25, -0.2) is 0 Å². The molecule has 1 rings (SSSR count). The van der Waals surface area contributed by atoms with Crippen LogP contribution in [0.25, 0.3) is 0 Å². The van der Waals surface area contributed by atoms with Crippen molar-refractivity contribution in [1.82, 2.24) is 5.32 Å². The van der Waals surface area contributed by atoms with Crippen LogP contribution in [0.15, 0.2) is 21.6 Å². The summed E-state index contributed by atoms with van der Waals surface area (Å²) in [4.78, 5) is 34.5. The SMILES string of the molecule is CCCCCCCCCCCCSc1ccc(C(=O)CC(=O)OCCNC(C)=O)o1. The van der Waals surface area contributed by atoms with Crippen molar-refractivity contribution in [3.63, 3.8) is 0 Å². The molecule has 0 aromatic carbocycles. The molecule has 0 saturated heterocycles. The molecule has 0 aliphatic heterocycles. The molecule has 30 heavy (non-hydrogen) atoms. The number of hydrogen-bond acceptors (Lipinski definition) is 6. The summed E-state index contributed by atoms with van der Waals surface area (Å²) in [6.45, 7) is 3.91. The normalized spacial score (nSPS) is 10.7. The molecule has 0 atom stereocenters. The molecular weight excluding hydrogens is 402 g/mol. The highest BCUT2D eigenvalue weighted by Gasteiger charge is 2.16. The largest absolute Gasteiger partial charge is 0.463 e. The Morgan fingerprint density at radius 2 is 1.60 bits per heavy atom. The van der Waals surface area contributed by atoms with Gasteiger partial charge in [-0.2, -0.15) is 0 Å². The van der Waals surface area contributed by atoms with E-state index in [4.69, 9.17) is 9.15 Å². The zero-order valence-electron chi connectivity index (χ0n) is 18.5. The number of ketones is 1. The summed E-state index contributed by atoms with van der Waals surface area (Å²) in [5.41, 5.74) is 0. The van der Waals surface area contributed by atoms with Gasteiger partial charge in [0.15, 0.2) is 10.9 Å². The summed E-state index contributed by atoms with van der Waals surface area (Å²) in [5, 5.41) is 3.22. The summed E-state index contributed by atoms with van der Waals surface area (Å²) >= 11 is 1.60. The van der Waals surface area contributed by atoms with E-state index in [9.17, 15) is 14.4 Å². The Bertz CT molecular complexity index is 629. The molecule has 170 valence electrons. The molecule has 0 radical (unpaired) electrons. The summed E-state index contributed by atoms with van der Waals surface area (Å²) in [7, 11) is 0. The molecule has 1 aromatic rings. The quantitative estimate of drug-likeness (QED) is 0.106. The molecule has 1 aromatic heterocycles. The second kappa shape index (κ2) is 17.0. The van der Waals surface area contributed by atoms with Gasteiger partial charge in [-0.1, -0.05) is 76.5 Å². The van der Waals surface area contributed by atoms with Gasteiger partial charge < -0.3 is 14.5 Å². The van der Waals surface area contributed by atoms with Gasteiger partial charge in [0.25, 0.3) is 0 Å². The Labute approximate surface area is 184 Å². The van der Waals surface area contributed by atoms with Gasteiger partial charge in [-0.05, 0) is 18.6 Å². The number of furan rings is 1. The van der Waals surface area contributed by atoms with Gasteiger partial charge >= 0.3 is 5.97 Å². The molecular formula is C23H37NO5S. The highest BCUT2D eigenvalue weighted by atomic mass is 32.2. The number of Topliss-reactive ketones (excluding diaryl/α,β-unsaturated/α-hetero) is 1. The van der Waals surface area contributed by atoms with Crippen LogP contribution in [0.3, 0.4) is 0 Å². The monoisotopic (exact) mass is 439 g/mol. The molecule has 0 aliphatic rings. The van der Waals surface area contributed by atoms with Crippen LogP contribution in [0, 0.1) is 0 Å². The Kier molecular flexibility index (Phi) is 14.9. The highest BCUT2D eigenvalue weighted by Crippen LogP contribution is 2.23. The standard InChI is InChI=1S/C23H37NO5S/c1-3-4-5-6-7-8-9-10-11-12-17-30-23-14-13-21(29-23)20(26)18-22(27)28-16-15-24-19(2)25/h13-14H,3-12,15-18H2,1-2H3,(H,24,25). The van der Waals surface area contributed by atoms with Crippen LogP contribution in [0.2, 0.25) is 0 Å². The predicted octanol–water partition coefficient (Wildman–Crippen LogP) is 5.54. The fraction of sp³-hybridized carbons (Fsp3) is 0.696. The van der Waals surface area contributed by atoms with E-state index >= 15 is 0 Å². The third-order valence-electron chi connectivity index (χ3n) is 4.64. The topological polar surface area (TPSA) is 85.6 Å². The second-order valence-electron chi connectivity index (χ2n) is 7.45. The number of rotatable bonds is 18. The van der Waals surface area contributed by atoms with Crippen molar-refractivity contribution in [3.05, 3.63) is 17.9 Å². The minimum Gasteiger partial charge on any atom is -0.463 e. The van der Waals surface area contributed by atoms with Crippen molar-refractivity contribution in [1.29, 1.82) is 0 Å². The van der Waals surface area contributed by atoms with E-state index in [1.807, 2.05) is 0 Å². The van der Waals surface area contributed by atoms with Crippen molar-refractivity contribution < 1.29 is 23.5 Å². The Morgan fingerprint density at radius 3 is 2.23 bits per heavy atom. The summed E-state index contributed by atoms with van der Waals surface area (Å²) in [6, 6.07) is 3.38.